The largest absolute Gasteiger partial charge is 0.505 e. The highest BCUT2D eigenvalue weighted by molar-refractivity contribution is 7.86. The lowest BCUT2D eigenvalue weighted by Crippen LogP contribution is -1.99. The van der Waals surface area contributed by atoms with Crippen LogP contribution in [0.3, 0.4) is 0 Å². The lowest BCUT2D eigenvalue weighted by atomic mass is 10.1. The number of hydrogen-bond donors (Lipinski definition) is 4. The van der Waals surface area contributed by atoms with E-state index in [1.165, 1.54) is 18.2 Å². The van der Waals surface area contributed by atoms with E-state index < -0.39 is 10.1 Å². The van der Waals surface area contributed by atoms with Crippen LogP contribution in [0.5, 0.6) is 5.75 Å². The first-order valence-corrected chi connectivity index (χ1v) is 20.1. The van der Waals surface area contributed by atoms with Crippen LogP contribution in [0.1, 0.15) is 27.8 Å². The van der Waals surface area contributed by atoms with Crippen molar-refractivity contribution in [2.24, 2.45) is 40.9 Å². The zero-order chi connectivity index (χ0) is 42.4. The SMILES string of the molecule is Cc1cc(N=Nc2cc(C)c(N=Nc3ccc4cc(NCc5ccc(N)cc5)ccc4c3O)cc2C)ccc1N=Nc1ccc(N=Nc2ccccc2S(=O)(=O)O)c(C)c1. The van der Waals surface area contributed by atoms with Gasteiger partial charge in [-0.25, -0.2) is 0 Å². The number of aryl methyl sites for hydroxylation is 4. The molecule has 0 aliphatic heterocycles. The number of nitrogens with one attached hydrogen (secondary N) is 1. The summed E-state index contributed by atoms with van der Waals surface area (Å²) in [5.74, 6) is 0.0544. The minimum atomic E-state index is -4.44. The molecule has 0 saturated heterocycles. The van der Waals surface area contributed by atoms with E-state index in [2.05, 4.69) is 46.2 Å². The van der Waals surface area contributed by atoms with Crippen LogP contribution >= 0.6 is 0 Å². The molecule has 0 unspecified atom stereocenters. The lowest BCUT2D eigenvalue weighted by Gasteiger charge is -2.10. The molecule has 7 aromatic rings. The van der Waals surface area contributed by atoms with E-state index in [0.29, 0.717) is 51.7 Å². The number of phenols is 1. The fourth-order valence-electron chi connectivity index (χ4n) is 6.16. The monoisotopic (exact) mass is 816 g/mol. The molecule has 0 amide bonds. The first-order chi connectivity index (χ1) is 28.8. The molecule has 5 N–H and O–H groups in total. The van der Waals surface area contributed by atoms with Crippen molar-refractivity contribution in [3.05, 3.63) is 155 Å². The quantitative estimate of drug-likeness (QED) is 0.0534. The minimum absolute atomic E-state index is 0.0270. The number of azo groups is 4. The standard InChI is InChI=1S/C45H40N10O4S/c1-27-21-36(15-19-38(27)50-48-35-16-20-39(28(2)22-35)51-52-40-7-5-6-8-44(40)60(57,58)59)49-54-42-23-30(4)43(24-29(42)3)55-53-41-18-11-32-25-34(14-17-37(32)45(41)56)47-26-31-9-12-33(46)13-10-31/h5-25,47,56H,26,46H2,1-4H3,(H,57,58,59). The molecule has 0 fully saturated rings. The summed E-state index contributed by atoms with van der Waals surface area (Å²) >= 11 is 0. The van der Waals surface area contributed by atoms with Gasteiger partial charge in [-0.15, -0.1) is 10.2 Å². The molecule has 7 rings (SSSR count). The van der Waals surface area contributed by atoms with E-state index in [4.69, 9.17) is 5.73 Å². The fraction of sp³-hybridized carbons (Fsp3) is 0.111. The molecule has 0 aliphatic rings. The molecular formula is C45H40N10O4S. The molecule has 0 aliphatic carbocycles. The lowest BCUT2D eigenvalue weighted by molar-refractivity contribution is 0.482. The van der Waals surface area contributed by atoms with Crippen molar-refractivity contribution in [1.82, 2.24) is 0 Å². The number of nitrogens with zero attached hydrogens (tertiary/aromatic N) is 8. The molecular weight excluding hydrogens is 777 g/mol. The van der Waals surface area contributed by atoms with Crippen molar-refractivity contribution in [3.63, 3.8) is 0 Å². The fourth-order valence-corrected chi connectivity index (χ4v) is 6.78. The van der Waals surface area contributed by atoms with E-state index in [1.54, 1.807) is 30.3 Å². The third-order valence-corrected chi connectivity index (χ3v) is 10.4. The summed E-state index contributed by atoms with van der Waals surface area (Å²) in [6, 6.07) is 37.5. The number of nitrogens with two attached hydrogens (primary N) is 1. The van der Waals surface area contributed by atoms with Gasteiger partial charge >= 0.3 is 0 Å². The highest BCUT2D eigenvalue weighted by Gasteiger charge is 2.15. The second-order valence-corrected chi connectivity index (χ2v) is 15.5. The summed E-state index contributed by atoms with van der Waals surface area (Å²) in [6.07, 6.45) is 0. The summed E-state index contributed by atoms with van der Waals surface area (Å²) in [5, 5.41) is 50.8. The summed E-state index contributed by atoms with van der Waals surface area (Å²) in [7, 11) is -4.44. The molecule has 15 heteroatoms. The number of benzene rings is 7. The van der Waals surface area contributed by atoms with Crippen LogP contribution in [0.4, 0.5) is 56.9 Å². The topological polar surface area (TPSA) is 212 Å². The van der Waals surface area contributed by atoms with Gasteiger partial charge in [0.05, 0.1) is 34.1 Å². The van der Waals surface area contributed by atoms with Gasteiger partial charge in [-0.2, -0.15) is 39.1 Å². The number of nitrogen functional groups attached to an aromatic ring is 1. The van der Waals surface area contributed by atoms with Crippen molar-refractivity contribution >= 4 is 77.8 Å². The molecule has 0 spiro atoms. The number of fused-ring (bicyclic) bond motifs is 1. The smallest absolute Gasteiger partial charge is 0.296 e. The molecule has 0 aromatic heterocycles. The Morgan fingerprint density at radius 3 is 1.67 bits per heavy atom. The molecule has 0 saturated carbocycles. The van der Waals surface area contributed by atoms with E-state index in [9.17, 15) is 18.1 Å². The maximum atomic E-state index is 11.7. The number of anilines is 2. The molecule has 0 heterocycles. The van der Waals surface area contributed by atoms with Gasteiger partial charge in [-0.3, -0.25) is 4.55 Å². The molecule has 0 bridgehead atoms. The van der Waals surface area contributed by atoms with Gasteiger partial charge in [-0.1, -0.05) is 30.3 Å². The summed E-state index contributed by atoms with van der Waals surface area (Å²) in [5.41, 5.74) is 16.0. The normalized spacial score (nSPS) is 12.2. The molecule has 14 nitrogen and oxygen atoms in total. The van der Waals surface area contributed by atoms with Gasteiger partial charge in [0.15, 0.2) is 5.75 Å². The Kier molecular flexibility index (Phi) is 11.9. The molecule has 60 heavy (non-hydrogen) atoms. The molecule has 7 aromatic carbocycles. The Morgan fingerprint density at radius 1 is 0.533 bits per heavy atom. The average molecular weight is 817 g/mol. The van der Waals surface area contributed by atoms with Crippen LogP contribution in [0.2, 0.25) is 0 Å². The van der Waals surface area contributed by atoms with Crippen molar-refractivity contribution < 1.29 is 18.1 Å². The zero-order valence-corrected chi connectivity index (χ0v) is 33.9. The van der Waals surface area contributed by atoms with Crippen molar-refractivity contribution in [3.8, 4) is 5.75 Å². The Labute approximate surface area is 346 Å². The summed E-state index contributed by atoms with van der Waals surface area (Å²) in [4.78, 5) is -0.324. The maximum Gasteiger partial charge on any atom is 0.296 e. The molecule has 0 atom stereocenters. The third-order valence-electron chi connectivity index (χ3n) is 9.54. The zero-order valence-electron chi connectivity index (χ0n) is 33.1. The Hall–Kier alpha value is -7.49. The minimum Gasteiger partial charge on any atom is -0.505 e. The highest BCUT2D eigenvalue weighted by Crippen LogP contribution is 2.38. The van der Waals surface area contributed by atoms with E-state index in [-0.39, 0.29) is 16.3 Å². The average Bonchev–Trinajstić information content (AvgIpc) is 3.22. The van der Waals surface area contributed by atoms with Crippen LogP contribution in [0.15, 0.2) is 173 Å². The maximum absolute atomic E-state index is 11.7. The van der Waals surface area contributed by atoms with Crippen molar-refractivity contribution in [2.45, 2.75) is 39.1 Å². The van der Waals surface area contributed by atoms with Gasteiger partial charge in [0, 0.05) is 23.3 Å². The van der Waals surface area contributed by atoms with Gasteiger partial charge in [0.1, 0.15) is 16.3 Å². The van der Waals surface area contributed by atoms with Gasteiger partial charge < -0.3 is 16.2 Å². The van der Waals surface area contributed by atoms with E-state index in [1.807, 2.05) is 107 Å². The van der Waals surface area contributed by atoms with Gasteiger partial charge in [-0.05, 0) is 158 Å². The number of phenolic OH excluding ortho intramolecular Hbond substituents is 1. The predicted molar refractivity (Wildman–Crippen MR) is 235 cm³/mol. The number of rotatable bonds is 12. The second-order valence-electron chi connectivity index (χ2n) is 14.1. The molecule has 0 radical (unpaired) electrons. The first-order valence-electron chi connectivity index (χ1n) is 18.7. The van der Waals surface area contributed by atoms with Crippen LogP contribution in [-0.4, -0.2) is 18.1 Å². The molecule has 300 valence electrons. The number of hydrogen-bond acceptors (Lipinski definition) is 13. The van der Waals surface area contributed by atoms with E-state index in [0.717, 1.165) is 44.6 Å². The van der Waals surface area contributed by atoms with Crippen LogP contribution in [0.25, 0.3) is 10.8 Å². The summed E-state index contributed by atoms with van der Waals surface area (Å²) < 4.78 is 32.8. The van der Waals surface area contributed by atoms with Crippen molar-refractivity contribution in [2.75, 3.05) is 11.1 Å². The van der Waals surface area contributed by atoms with Crippen LogP contribution < -0.4 is 11.1 Å². The number of aromatic hydroxyl groups is 1. The predicted octanol–water partition coefficient (Wildman–Crippen LogP) is 13.9. The Bertz CT molecular complexity index is 2980. The Morgan fingerprint density at radius 2 is 1.05 bits per heavy atom. The second kappa shape index (κ2) is 17.6. The Balaban J connectivity index is 0.985. The first kappa shape index (κ1) is 40.7. The van der Waals surface area contributed by atoms with Crippen molar-refractivity contribution in [1.29, 1.82) is 0 Å². The van der Waals surface area contributed by atoms with E-state index >= 15 is 0 Å². The third kappa shape index (κ3) is 9.78. The summed E-state index contributed by atoms with van der Waals surface area (Å²) in [6.45, 7) is 8.22. The van der Waals surface area contributed by atoms with Crippen LogP contribution in [0, 0.1) is 27.7 Å². The van der Waals surface area contributed by atoms with Gasteiger partial charge in [0.2, 0.25) is 0 Å². The van der Waals surface area contributed by atoms with Crippen LogP contribution in [-0.2, 0) is 16.7 Å². The van der Waals surface area contributed by atoms with Gasteiger partial charge in [0.25, 0.3) is 10.1 Å². The highest BCUT2D eigenvalue weighted by atomic mass is 32.2.